The number of halogens is 5. The zero-order valence-corrected chi connectivity index (χ0v) is 29.2. The van der Waals surface area contributed by atoms with Crippen molar-refractivity contribution < 1.29 is 41.6 Å². The van der Waals surface area contributed by atoms with Crippen molar-refractivity contribution >= 4 is 11.8 Å². The third kappa shape index (κ3) is 5.62. The normalized spacial score (nSPS) is 35.5. The first kappa shape index (κ1) is 35.4. The highest BCUT2D eigenvalue weighted by molar-refractivity contribution is 7.98. The highest BCUT2D eigenvalue weighted by atomic mass is 32.2. The van der Waals surface area contributed by atoms with Crippen LogP contribution in [0.1, 0.15) is 89.2 Å². The topological polar surface area (TPSA) is 58.9 Å². The maximum absolute atomic E-state index is 15.5. The van der Waals surface area contributed by atoms with Crippen LogP contribution >= 0.6 is 11.8 Å². The maximum atomic E-state index is 15.5. The molecule has 268 valence electrons. The molecular weight excluding hydrogens is 659 g/mol. The lowest BCUT2D eigenvalue weighted by molar-refractivity contribution is -0.362. The molecule has 5 aliphatic rings. The number of fused-ring (bicyclic) bond motifs is 4. The van der Waals surface area contributed by atoms with Crippen LogP contribution in [0.2, 0.25) is 0 Å². The van der Waals surface area contributed by atoms with Crippen molar-refractivity contribution in [2.24, 2.45) is 28.1 Å². The van der Waals surface area contributed by atoms with Crippen LogP contribution in [0.4, 0.5) is 22.0 Å². The SMILES string of the molecule is CC1(C)COC2(CCC3=C4C(CC[C@@]3(CO)C2)C2CC[C@@](O)(C(F)(F)C(F)(F)F)[C@@]2(C)C[C@@H]4c2ccc(SCc3ccccc3)cc2)OC1. The number of alkyl halides is 5. The van der Waals surface area contributed by atoms with Crippen molar-refractivity contribution in [3.8, 4) is 0 Å². The Balaban J connectivity index is 1.29. The van der Waals surface area contributed by atoms with E-state index in [1.807, 2.05) is 42.5 Å². The van der Waals surface area contributed by atoms with Crippen LogP contribution in [0.5, 0.6) is 0 Å². The van der Waals surface area contributed by atoms with Crippen LogP contribution in [0, 0.1) is 28.1 Å². The van der Waals surface area contributed by atoms with Crippen LogP contribution < -0.4 is 0 Å². The quantitative estimate of drug-likeness (QED) is 0.178. The molecule has 4 nitrogen and oxygen atoms in total. The average molecular weight is 707 g/mol. The number of aliphatic hydroxyl groups excluding tert-OH is 1. The van der Waals surface area contributed by atoms with E-state index in [4.69, 9.17) is 9.47 Å². The summed E-state index contributed by atoms with van der Waals surface area (Å²) in [5, 5.41) is 22.8. The highest BCUT2D eigenvalue weighted by Gasteiger charge is 2.79. The van der Waals surface area contributed by atoms with Gasteiger partial charge in [-0.15, -0.1) is 11.8 Å². The van der Waals surface area contributed by atoms with E-state index in [9.17, 15) is 23.4 Å². The molecule has 1 aliphatic heterocycles. The van der Waals surface area contributed by atoms with Gasteiger partial charge in [-0.3, -0.25) is 0 Å². The highest BCUT2D eigenvalue weighted by Crippen LogP contribution is 2.72. The van der Waals surface area contributed by atoms with Gasteiger partial charge < -0.3 is 19.7 Å². The van der Waals surface area contributed by atoms with Crippen molar-refractivity contribution in [1.29, 1.82) is 0 Å². The van der Waals surface area contributed by atoms with E-state index >= 15 is 8.78 Å². The summed E-state index contributed by atoms with van der Waals surface area (Å²) in [5.41, 5.74) is -1.54. The van der Waals surface area contributed by atoms with E-state index in [1.165, 1.54) is 12.5 Å². The average Bonchev–Trinajstić information content (AvgIpc) is 3.36. The van der Waals surface area contributed by atoms with E-state index in [0.717, 1.165) is 27.4 Å². The van der Waals surface area contributed by atoms with Crippen LogP contribution in [0.25, 0.3) is 0 Å². The third-order valence-corrected chi connectivity index (χ3v) is 14.0. The number of allylic oxidation sites excluding steroid dienone is 1. The molecule has 4 fully saturated rings. The van der Waals surface area contributed by atoms with Crippen molar-refractivity contribution in [2.45, 2.75) is 112 Å². The second kappa shape index (κ2) is 12.0. The number of rotatable bonds is 6. The van der Waals surface area contributed by atoms with Crippen LogP contribution in [-0.4, -0.2) is 53.5 Å². The summed E-state index contributed by atoms with van der Waals surface area (Å²) < 4.78 is 85.8. The molecule has 0 aromatic heterocycles. The fourth-order valence-corrected chi connectivity index (χ4v) is 11.1. The summed E-state index contributed by atoms with van der Waals surface area (Å²) in [7, 11) is 0. The van der Waals surface area contributed by atoms with Crippen LogP contribution in [0.3, 0.4) is 0 Å². The molecule has 10 heteroatoms. The lowest BCUT2D eigenvalue weighted by atomic mass is 9.47. The summed E-state index contributed by atoms with van der Waals surface area (Å²) in [5.74, 6) is -6.65. The Bertz CT molecular complexity index is 1570. The van der Waals surface area contributed by atoms with Gasteiger partial charge in [0.15, 0.2) is 5.79 Å². The Kier molecular flexibility index (Phi) is 8.70. The number of hydrogen-bond acceptors (Lipinski definition) is 5. The van der Waals surface area contributed by atoms with Crippen molar-refractivity contribution in [3.63, 3.8) is 0 Å². The predicted molar refractivity (Wildman–Crippen MR) is 178 cm³/mol. The summed E-state index contributed by atoms with van der Waals surface area (Å²) in [6.07, 6.45) is -3.75. The Hall–Kier alpha value is -1.98. The molecule has 2 aromatic rings. The molecule has 4 aliphatic carbocycles. The summed E-state index contributed by atoms with van der Waals surface area (Å²) in [6.45, 7) is 6.58. The number of benzene rings is 2. The largest absolute Gasteiger partial charge is 0.456 e. The van der Waals surface area contributed by atoms with Crippen LogP contribution in [0.15, 0.2) is 70.6 Å². The Morgan fingerprint density at radius 2 is 1.55 bits per heavy atom. The smallest absolute Gasteiger partial charge is 0.395 e. The summed E-state index contributed by atoms with van der Waals surface area (Å²) in [6, 6.07) is 18.0. The summed E-state index contributed by atoms with van der Waals surface area (Å²) in [4.78, 5) is 1.02. The molecule has 49 heavy (non-hydrogen) atoms. The monoisotopic (exact) mass is 706 g/mol. The van der Waals surface area contributed by atoms with E-state index in [0.29, 0.717) is 45.3 Å². The lowest BCUT2D eigenvalue weighted by Gasteiger charge is -2.60. The number of thioether (sulfide) groups is 1. The molecule has 1 saturated heterocycles. The summed E-state index contributed by atoms with van der Waals surface area (Å²) >= 11 is 1.67. The molecule has 3 saturated carbocycles. The second-order valence-corrected chi connectivity index (χ2v) is 17.5. The van der Waals surface area contributed by atoms with Gasteiger partial charge in [-0.1, -0.05) is 74.4 Å². The number of ether oxygens (including phenoxy) is 2. The minimum Gasteiger partial charge on any atom is -0.395 e. The molecule has 1 heterocycles. The fraction of sp³-hybridized carbons (Fsp3) is 0.641. The molecule has 2 unspecified atom stereocenters. The zero-order chi connectivity index (χ0) is 35.1. The molecule has 2 aromatic carbocycles. The van der Waals surface area contributed by atoms with Gasteiger partial charge >= 0.3 is 12.1 Å². The van der Waals surface area contributed by atoms with E-state index in [-0.39, 0.29) is 30.8 Å². The number of hydrogen-bond donors (Lipinski definition) is 2. The minimum atomic E-state index is -5.88. The van der Waals surface area contributed by atoms with Gasteiger partial charge in [0, 0.05) is 45.7 Å². The van der Waals surface area contributed by atoms with E-state index < -0.39 is 52.6 Å². The molecule has 0 amide bonds. The third-order valence-electron chi connectivity index (χ3n) is 12.9. The van der Waals surface area contributed by atoms with Crippen molar-refractivity contribution in [1.82, 2.24) is 0 Å². The predicted octanol–water partition coefficient (Wildman–Crippen LogP) is 9.45. The Morgan fingerprint density at radius 3 is 2.18 bits per heavy atom. The van der Waals surface area contributed by atoms with Gasteiger partial charge in [0.25, 0.3) is 0 Å². The van der Waals surface area contributed by atoms with Crippen LogP contribution in [-0.2, 0) is 15.2 Å². The van der Waals surface area contributed by atoms with Gasteiger partial charge in [0.05, 0.1) is 19.8 Å². The first-order valence-corrected chi connectivity index (χ1v) is 18.5. The zero-order valence-electron chi connectivity index (χ0n) is 28.4. The van der Waals surface area contributed by atoms with Gasteiger partial charge in [-0.05, 0) is 73.6 Å². The van der Waals surface area contributed by atoms with E-state index in [1.54, 1.807) is 11.8 Å². The van der Waals surface area contributed by atoms with Gasteiger partial charge in [-0.2, -0.15) is 22.0 Å². The Labute approximate surface area is 289 Å². The number of aliphatic hydroxyl groups is 2. The van der Waals surface area contributed by atoms with E-state index in [2.05, 4.69) is 26.0 Å². The fourth-order valence-electron chi connectivity index (χ4n) is 10.3. The lowest BCUT2D eigenvalue weighted by Crippen LogP contribution is -2.65. The maximum Gasteiger partial charge on any atom is 0.456 e. The van der Waals surface area contributed by atoms with Gasteiger partial charge in [-0.25, -0.2) is 0 Å². The molecule has 1 spiro atoms. The minimum absolute atomic E-state index is 0.0421. The van der Waals surface area contributed by atoms with Gasteiger partial charge in [0.2, 0.25) is 0 Å². The molecule has 7 rings (SSSR count). The standard InChI is InChI=1S/C39H47F5O4S/c1-33(2)23-47-36(48-24-33)17-14-31-32-28(13-16-35(31,21-36)22-45)30-15-18-37(46,38(40,41)39(42,43)44)34(30,3)19-29(32)26-9-11-27(12-10-26)49-20-25-7-5-4-6-8-25/h4-12,28-30,45-46H,13-24H2,1-3H3/t28?,29-,30?,34+,35+,37+/m1/s1. The first-order chi connectivity index (χ1) is 23.0. The second-order valence-electron chi connectivity index (χ2n) is 16.4. The first-order valence-electron chi connectivity index (χ1n) is 17.5. The van der Waals surface area contributed by atoms with Gasteiger partial charge in [0.1, 0.15) is 5.60 Å². The van der Waals surface area contributed by atoms with Crippen molar-refractivity contribution in [2.75, 3.05) is 19.8 Å². The van der Waals surface area contributed by atoms with Crippen molar-refractivity contribution in [3.05, 3.63) is 76.9 Å². The molecule has 2 N–H and O–H groups in total. The molecular formula is C39H47F5O4S. The molecule has 0 bridgehead atoms. The molecule has 6 atom stereocenters. The molecule has 0 radical (unpaired) electrons. The Morgan fingerprint density at radius 1 is 0.878 bits per heavy atom.